The van der Waals surface area contributed by atoms with E-state index in [0.29, 0.717) is 12.2 Å². The Morgan fingerprint density at radius 1 is 1.19 bits per heavy atom. The van der Waals surface area contributed by atoms with Crippen LogP contribution in [0.1, 0.15) is 12.0 Å². The second kappa shape index (κ2) is 6.73. The molecule has 0 radical (unpaired) electrons. The largest absolute Gasteiger partial charge is 0.496 e. The first-order valence-corrected chi connectivity index (χ1v) is 6.05. The molecule has 3 nitrogen and oxygen atoms in total. The van der Waals surface area contributed by atoms with Gasteiger partial charge in [-0.3, -0.25) is 4.79 Å². The number of hydrogen-bond acceptors (Lipinski definition) is 2. The molecule has 0 atom stereocenters. The molecule has 1 aromatic rings. The molecule has 0 saturated heterocycles. The van der Waals surface area contributed by atoms with Gasteiger partial charge in [-0.05, 0) is 24.5 Å². The fourth-order valence-corrected chi connectivity index (χ4v) is 1.63. The number of halogens is 5. The van der Waals surface area contributed by atoms with Crippen LogP contribution in [0, 0.1) is 0 Å². The molecule has 1 amide bonds. The van der Waals surface area contributed by atoms with Crippen LogP contribution < -0.4 is 10.1 Å². The van der Waals surface area contributed by atoms with Crippen LogP contribution in [0.2, 0.25) is 0 Å². The van der Waals surface area contributed by atoms with Gasteiger partial charge in [0.25, 0.3) is 5.91 Å². The number of methoxy groups -OCH3 is 1. The third-order valence-corrected chi connectivity index (χ3v) is 2.74. The van der Waals surface area contributed by atoms with Gasteiger partial charge >= 0.3 is 12.1 Å². The van der Waals surface area contributed by atoms with Crippen molar-refractivity contribution < 1.29 is 31.5 Å². The lowest BCUT2D eigenvalue weighted by Crippen LogP contribution is -2.50. The predicted octanol–water partition coefficient (Wildman–Crippen LogP) is 2.94. The molecule has 0 aliphatic carbocycles. The summed E-state index contributed by atoms with van der Waals surface area (Å²) in [5.74, 6) is -7.13. The third-order valence-electron chi connectivity index (χ3n) is 2.74. The quantitative estimate of drug-likeness (QED) is 0.648. The van der Waals surface area contributed by atoms with Crippen molar-refractivity contribution in [3.05, 3.63) is 29.8 Å². The Hall–Kier alpha value is -1.86. The fraction of sp³-hybridized carbons (Fsp3) is 0.462. The highest BCUT2D eigenvalue weighted by atomic mass is 19.4. The third kappa shape index (κ3) is 4.30. The van der Waals surface area contributed by atoms with Crippen LogP contribution in [0.4, 0.5) is 22.0 Å². The van der Waals surface area contributed by atoms with Crippen molar-refractivity contribution in [2.45, 2.75) is 24.9 Å². The summed E-state index contributed by atoms with van der Waals surface area (Å²) in [6.45, 7) is -0.289. The fourth-order valence-electron chi connectivity index (χ4n) is 1.63. The van der Waals surface area contributed by atoms with E-state index in [0.717, 1.165) is 5.56 Å². The van der Waals surface area contributed by atoms with Gasteiger partial charge in [-0.2, -0.15) is 22.0 Å². The van der Waals surface area contributed by atoms with Crippen LogP contribution >= 0.6 is 0 Å². The Balaban J connectivity index is 2.46. The summed E-state index contributed by atoms with van der Waals surface area (Å²) in [5, 5.41) is 1.59. The van der Waals surface area contributed by atoms with Gasteiger partial charge in [-0.1, -0.05) is 18.2 Å². The summed E-state index contributed by atoms with van der Waals surface area (Å²) < 4.78 is 66.1. The lowest BCUT2D eigenvalue weighted by molar-refractivity contribution is -0.269. The molecule has 0 unspecified atom stereocenters. The number of hydrogen-bond donors (Lipinski definition) is 1. The molecule has 118 valence electrons. The molecule has 0 aromatic heterocycles. The van der Waals surface area contributed by atoms with E-state index in [9.17, 15) is 26.7 Å². The average molecular weight is 311 g/mol. The number of rotatable bonds is 6. The van der Waals surface area contributed by atoms with Crippen LogP contribution in [0.15, 0.2) is 24.3 Å². The van der Waals surface area contributed by atoms with Crippen molar-refractivity contribution in [3.8, 4) is 5.75 Å². The first-order valence-electron chi connectivity index (χ1n) is 6.05. The summed E-state index contributed by atoms with van der Waals surface area (Å²) in [6.07, 6.45) is -5.30. The van der Waals surface area contributed by atoms with Gasteiger partial charge in [0.05, 0.1) is 7.11 Å². The van der Waals surface area contributed by atoms with Gasteiger partial charge in [0, 0.05) is 6.54 Å². The van der Waals surface area contributed by atoms with E-state index in [2.05, 4.69) is 0 Å². The van der Waals surface area contributed by atoms with Crippen LogP contribution in [-0.4, -0.2) is 31.7 Å². The second-order valence-electron chi connectivity index (χ2n) is 4.24. The predicted molar refractivity (Wildman–Crippen MR) is 65.3 cm³/mol. The number of benzene rings is 1. The van der Waals surface area contributed by atoms with Gasteiger partial charge in [0.1, 0.15) is 5.75 Å². The lowest BCUT2D eigenvalue weighted by Gasteiger charge is -2.18. The number of alkyl halides is 5. The Bertz CT molecular complexity index is 488. The van der Waals surface area contributed by atoms with E-state index in [-0.39, 0.29) is 13.0 Å². The Labute approximate surface area is 118 Å². The summed E-state index contributed by atoms with van der Waals surface area (Å²) in [6, 6.07) is 6.93. The molecule has 0 aliphatic rings. The number of amides is 1. The number of para-hydroxylation sites is 1. The van der Waals surface area contributed by atoms with E-state index in [1.165, 1.54) is 7.11 Å². The molecule has 0 fully saturated rings. The maximum atomic E-state index is 12.6. The van der Waals surface area contributed by atoms with E-state index in [1.807, 2.05) is 0 Å². The van der Waals surface area contributed by atoms with Crippen LogP contribution in [0.25, 0.3) is 0 Å². The van der Waals surface area contributed by atoms with E-state index < -0.39 is 18.0 Å². The molecule has 1 N–H and O–H groups in total. The van der Waals surface area contributed by atoms with Crippen LogP contribution in [-0.2, 0) is 11.2 Å². The van der Waals surface area contributed by atoms with Crippen molar-refractivity contribution in [2.24, 2.45) is 0 Å². The highest BCUT2D eigenvalue weighted by molar-refractivity contribution is 5.84. The Morgan fingerprint density at radius 3 is 2.38 bits per heavy atom. The second-order valence-corrected chi connectivity index (χ2v) is 4.24. The molecular formula is C13H14F5NO2. The summed E-state index contributed by atoms with van der Waals surface area (Å²) in [4.78, 5) is 10.8. The number of carbonyl (C=O) groups is 1. The zero-order chi connectivity index (χ0) is 16.1. The minimum atomic E-state index is -5.89. The highest BCUT2D eigenvalue weighted by Crippen LogP contribution is 2.35. The topological polar surface area (TPSA) is 38.3 Å². The number of carbonyl (C=O) groups excluding carboxylic acids is 1. The molecule has 8 heteroatoms. The molecule has 0 heterocycles. The zero-order valence-electron chi connectivity index (χ0n) is 11.1. The number of aryl methyl sites for hydroxylation is 1. The van der Waals surface area contributed by atoms with Gasteiger partial charge in [-0.25, -0.2) is 0 Å². The number of nitrogens with one attached hydrogen (secondary N) is 1. The van der Waals surface area contributed by atoms with Crippen molar-refractivity contribution in [2.75, 3.05) is 13.7 Å². The van der Waals surface area contributed by atoms with Gasteiger partial charge in [0.2, 0.25) is 0 Å². The van der Waals surface area contributed by atoms with Crippen molar-refractivity contribution in [3.63, 3.8) is 0 Å². The summed E-state index contributed by atoms with van der Waals surface area (Å²) in [7, 11) is 1.46. The molecular weight excluding hydrogens is 297 g/mol. The Kier molecular flexibility index (Phi) is 5.51. The van der Waals surface area contributed by atoms with Gasteiger partial charge in [0.15, 0.2) is 0 Å². The molecule has 21 heavy (non-hydrogen) atoms. The molecule has 0 aliphatic heterocycles. The first kappa shape index (κ1) is 17.2. The van der Waals surface area contributed by atoms with Crippen molar-refractivity contribution >= 4 is 5.91 Å². The maximum absolute atomic E-state index is 12.6. The SMILES string of the molecule is COc1ccccc1CCCNC(=O)C(F)(F)C(F)(F)F. The molecule has 0 saturated carbocycles. The van der Waals surface area contributed by atoms with Gasteiger partial charge in [-0.15, -0.1) is 0 Å². The van der Waals surface area contributed by atoms with E-state index in [1.54, 1.807) is 29.6 Å². The van der Waals surface area contributed by atoms with Crippen molar-refractivity contribution in [1.82, 2.24) is 5.32 Å². The summed E-state index contributed by atoms with van der Waals surface area (Å²) in [5.41, 5.74) is 0.775. The summed E-state index contributed by atoms with van der Waals surface area (Å²) >= 11 is 0. The standard InChI is InChI=1S/C13H14F5NO2/c1-21-10-7-3-2-5-9(10)6-4-8-19-11(20)12(14,15)13(16,17)18/h2-3,5,7H,4,6,8H2,1H3,(H,19,20). The average Bonchev–Trinajstić information content (AvgIpc) is 2.42. The smallest absolute Gasteiger partial charge is 0.463 e. The molecule has 1 rings (SSSR count). The van der Waals surface area contributed by atoms with E-state index >= 15 is 0 Å². The highest BCUT2D eigenvalue weighted by Gasteiger charge is 2.63. The zero-order valence-corrected chi connectivity index (χ0v) is 11.1. The lowest BCUT2D eigenvalue weighted by atomic mass is 10.1. The normalized spacial score (nSPS) is 12.1. The van der Waals surface area contributed by atoms with Crippen LogP contribution in [0.5, 0.6) is 5.75 Å². The Morgan fingerprint density at radius 2 is 1.81 bits per heavy atom. The van der Waals surface area contributed by atoms with Crippen molar-refractivity contribution in [1.29, 1.82) is 0 Å². The minimum Gasteiger partial charge on any atom is -0.496 e. The van der Waals surface area contributed by atoms with Crippen LogP contribution in [0.3, 0.4) is 0 Å². The monoisotopic (exact) mass is 311 g/mol. The molecule has 0 bridgehead atoms. The molecule has 1 aromatic carbocycles. The number of ether oxygens (including phenoxy) is 1. The minimum absolute atomic E-state index is 0.208. The first-order chi connectivity index (χ1) is 9.70. The maximum Gasteiger partial charge on any atom is 0.463 e. The molecule has 0 spiro atoms. The van der Waals surface area contributed by atoms with Gasteiger partial charge < -0.3 is 10.1 Å². The van der Waals surface area contributed by atoms with E-state index in [4.69, 9.17) is 4.74 Å².